The fourth-order valence-corrected chi connectivity index (χ4v) is 3.20. The van der Waals surface area contributed by atoms with Gasteiger partial charge in [-0.2, -0.15) is 0 Å². The van der Waals surface area contributed by atoms with Crippen LogP contribution in [0, 0.1) is 5.82 Å². The van der Waals surface area contributed by atoms with E-state index in [0.717, 1.165) is 43.2 Å². The molecule has 22 heavy (non-hydrogen) atoms. The van der Waals surface area contributed by atoms with Crippen molar-refractivity contribution in [2.24, 2.45) is 0 Å². The molecule has 1 saturated heterocycles. The lowest BCUT2D eigenvalue weighted by molar-refractivity contribution is 0.304. The summed E-state index contributed by atoms with van der Waals surface area (Å²) < 4.78 is 19.9. The summed E-state index contributed by atoms with van der Waals surface area (Å²) in [5, 5.41) is 3.41. The summed E-state index contributed by atoms with van der Waals surface area (Å²) in [5.41, 5.74) is 1.31. The SMILES string of the molecule is Fc1ccccc1-c1cnc2c(c1)OCCC1CNCCN21. The van der Waals surface area contributed by atoms with E-state index in [2.05, 4.69) is 15.2 Å². The zero-order valence-corrected chi connectivity index (χ0v) is 12.3. The molecule has 2 aliphatic heterocycles. The van der Waals surface area contributed by atoms with Crippen LogP contribution in [0.3, 0.4) is 0 Å². The molecule has 1 N–H and O–H groups in total. The molecule has 0 amide bonds. The molecule has 1 aromatic heterocycles. The molecular formula is C17H18FN3O. The maximum absolute atomic E-state index is 14.0. The van der Waals surface area contributed by atoms with Gasteiger partial charge in [0, 0.05) is 49.4 Å². The highest BCUT2D eigenvalue weighted by atomic mass is 19.1. The number of piperazine rings is 1. The predicted octanol–water partition coefficient (Wildman–Crippen LogP) is 2.45. The van der Waals surface area contributed by atoms with Crippen molar-refractivity contribution in [1.82, 2.24) is 10.3 Å². The number of rotatable bonds is 1. The van der Waals surface area contributed by atoms with Gasteiger partial charge in [0.15, 0.2) is 11.6 Å². The molecule has 2 aliphatic rings. The first-order valence-corrected chi connectivity index (χ1v) is 7.68. The Labute approximate surface area is 128 Å². The number of ether oxygens (including phenoxy) is 1. The summed E-state index contributed by atoms with van der Waals surface area (Å²) in [4.78, 5) is 6.90. The molecular weight excluding hydrogens is 281 g/mol. The molecule has 1 aromatic carbocycles. The smallest absolute Gasteiger partial charge is 0.171 e. The number of benzene rings is 1. The minimum Gasteiger partial charge on any atom is -0.490 e. The number of pyridine rings is 1. The van der Waals surface area contributed by atoms with Gasteiger partial charge < -0.3 is 15.0 Å². The Kier molecular flexibility index (Phi) is 3.42. The summed E-state index contributed by atoms with van der Waals surface area (Å²) in [7, 11) is 0. The highest BCUT2D eigenvalue weighted by Crippen LogP contribution is 2.35. The number of halogens is 1. The Bertz CT molecular complexity index is 691. The van der Waals surface area contributed by atoms with Crippen LogP contribution in [0.4, 0.5) is 10.2 Å². The van der Waals surface area contributed by atoms with Crippen LogP contribution < -0.4 is 15.0 Å². The molecule has 4 nitrogen and oxygen atoms in total. The summed E-state index contributed by atoms with van der Waals surface area (Å²) in [6, 6.07) is 9.08. The largest absolute Gasteiger partial charge is 0.490 e. The highest BCUT2D eigenvalue weighted by Gasteiger charge is 2.28. The standard InChI is InChI=1S/C17H18FN3O/c18-15-4-2-1-3-14(15)12-9-16-17(20-10-12)21-7-6-19-11-13(21)5-8-22-16/h1-4,9-10,13,19H,5-8,11H2. The average molecular weight is 299 g/mol. The predicted molar refractivity (Wildman–Crippen MR) is 83.7 cm³/mol. The molecule has 0 radical (unpaired) electrons. The van der Waals surface area contributed by atoms with Gasteiger partial charge in [0.05, 0.1) is 6.61 Å². The number of fused-ring (bicyclic) bond motifs is 3. The van der Waals surface area contributed by atoms with E-state index >= 15 is 0 Å². The van der Waals surface area contributed by atoms with Crippen molar-refractivity contribution in [3.05, 3.63) is 42.3 Å². The number of nitrogens with one attached hydrogen (secondary N) is 1. The Morgan fingerprint density at radius 3 is 3.14 bits per heavy atom. The third-order valence-corrected chi connectivity index (χ3v) is 4.35. The molecule has 0 saturated carbocycles. The quantitative estimate of drug-likeness (QED) is 0.877. The van der Waals surface area contributed by atoms with E-state index < -0.39 is 0 Å². The van der Waals surface area contributed by atoms with E-state index in [-0.39, 0.29) is 5.82 Å². The number of hydrogen-bond donors (Lipinski definition) is 1. The second kappa shape index (κ2) is 5.57. The topological polar surface area (TPSA) is 37.4 Å². The van der Waals surface area contributed by atoms with Crippen molar-refractivity contribution >= 4 is 5.82 Å². The van der Waals surface area contributed by atoms with Gasteiger partial charge in [-0.25, -0.2) is 9.37 Å². The van der Waals surface area contributed by atoms with E-state index in [4.69, 9.17) is 4.74 Å². The summed E-state index contributed by atoms with van der Waals surface area (Å²) >= 11 is 0. The van der Waals surface area contributed by atoms with E-state index in [1.54, 1.807) is 18.3 Å². The Hall–Kier alpha value is -2.14. The number of aromatic nitrogens is 1. The molecule has 0 spiro atoms. The number of nitrogens with zero attached hydrogens (tertiary/aromatic N) is 2. The summed E-state index contributed by atoms with van der Waals surface area (Å²) in [6.07, 6.45) is 2.71. The van der Waals surface area contributed by atoms with Crippen molar-refractivity contribution in [2.45, 2.75) is 12.5 Å². The maximum atomic E-state index is 14.0. The molecule has 1 unspecified atom stereocenters. The van der Waals surface area contributed by atoms with E-state index in [0.29, 0.717) is 18.2 Å². The van der Waals surface area contributed by atoms with E-state index in [1.165, 1.54) is 6.07 Å². The van der Waals surface area contributed by atoms with Crippen LogP contribution in [0.15, 0.2) is 36.5 Å². The van der Waals surface area contributed by atoms with Gasteiger partial charge >= 0.3 is 0 Å². The Balaban J connectivity index is 1.75. The minimum absolute atomic E-state index is 0.238. The van der Waals surface area contributed by atoms with Crippen LogP contribution in [-0.4, -0.2) is 37.3 Å². The number of anilines is 1. The van der Waals surface area contributed by atoms with Crippen molar-refractivity contribution in [2.75, 3.05) is 31.1 Å². The minimum atomic E-state index is -0.238. The van der Waals surface area contributed by atoms with Gasteiger partial charge in [-0.15, -0.1) is 0 Å². The van der Waals surface area contributed by atoms with Gasteiger partial charge in [-0.05, 0) is 12.1 Å². The Morgan fingerprint density at radius 2 is 2.23 bits per heavy atom. The monoisotopic (exact) mass is 299 g/mol. The zero-order valence-electron chi connectivity index (χ0n) is 12.3. The van der Waals surface area contributed by atoms with Gasteiger partial charge in [-0.3, -0.25) is 0 Å². The van der Waals surface area contributed by atoms with Gasteiger partial charge in [-0.1, -0.05) is 18.2 Å². The molecule has 4 rings (SSSR count). The van der Waals surface area contributed by atoms with Gasteiger partial charge in [0.2, 0.25) is 0 Å². The second-order valence-corrected chi connectivity index (χ2v) is 5.71. The van der Waals surface area contributed by atoms with Gasteiger partial charge in [0.1, 0.15) is 5.82 Å². The van der Waals surface area contributed by atoms with Crippen molar-refractivity contribution in [3.63, 3.8) is 0 Å². The first kappa shape index (κ1) is 13.5. The normalized spacial score (nSPS) is 20.6. The lowest BCUT2D eigenvalue weighted by Crippen LogP contribution is -2.51. The molecule has 0 bridgehead atoms. The number of hydrogen-bond acceptors (Lipinski definition) is 4. The molecule has 114 valence electrons. The van der Waals surface area contributed by atoms with Crippen molar-refractivity contribution in [3.8, 4) is 16.9 Å². The molecule has 3 heterocycles. The first-order valence-electron chi connectivity index (χ1n) is 7.68. The van der Waals surface area contributed by atoms with Crippen LogP contribution in [0.2, 0.25) is 0 Å². The van der Waals surface area contributed by atoms with Crippen LogP contribution in [0.1, 0.15) is 6.42 Å². The average Bonchev–Trinajstić information content (AvgIpc) is 2.74. The molecule has 5 heteroatoms. The van der Waals surface area contributed by atoms with Gasteiger partial charge in [0.25, 0.3) is 0 Å². The van der Waals surface area contributed by atoms with Crippen LogP contribution >= 0.6 is 0 Å². The first-order chi connectivity index (χ1) is 10.8. The fraction of sp³-hybridized carbons (Fsp3) is 0.353. The van der Waals surface area contributed by atoms with Crippen LogP contribution in [0.25, 0.3) is 11.1 Å². The fourth-order valence-electron chi connectivity index (χ4n) is 3.20. The third kappa shape index (κ3) is 2.31. The van der Waals surface area contributed by atoms with Crippen LogP contribution in [0.5, 0.6) is 5.75 Å². The lowest BCUT2D eigenvalue weighted by Gasteiger charge is -2.35. The van der Waals surface area contributed by atoms with E-state index in [9.17, 15) is 4.39 Å². The maximum Gasteiger partial charge on any atom is 0.171 e. The van der Waals surface area contributed by atoms with Crippen molar-refractivity contribution in [1.29, 1.82) is 0 Å². The molecule has 2 aromatic rings. The van der Waals surface area contributed by atoms with Crippen LogP contribution in [-0.2, 0) is 0 Å². The zero-order chi connectivity index (χ0) is 14.9. The second-order valence-electron chi connectivity index (χ2n) is 5.71. The van der Waals surface area contributed by atoms with Crippen molar-refractivity contribution < 1.29 is 9.13 Å². The Morgan fingerprint density at radius 1 is 1.32 bits per heavy atom. The molecule has 0 aliphatic carbocycles. The lowest BCUT2D eigenvalue weighted by atomic mass is 10.1. The molecule has 1 atom stereocenters. The summed E-state index contributed by atoms with van der Waals surface area (Å²) in [6.45, 7) is 3.50. The summed E-state index contributed by atoms with van der Waals surface area (Å²) in [5.74, 6) is 1.40. The molecule has 1 fully saturated rings. The van der Waals surface area contributed by atoms with E-state index in [1.807, 2.05) is 12.1 Å². The highest BCUT2D eigenvalue weighted by molar-refractivity contribution is 5.69. The third-order valence-electron chi connectivity index (χ3n) is 4.35.